The van der Waals surface area contributed by atoms with Gasteiger partial charge in [-0.05, 0) is 30.2 Å². The number of ether oxygens (including phenoxy) is 3. The van der Waals surface area contributed by atoms with E-state index in [4.69, 9.17) is 19.9 Å². The number of carbonyl (C=O) groups is 2. The Balaban J connectivity index is 1.46. The highest BCUT2D eigenvalue weighted by Gasteiger charge is 2.51. The van der Waals surface area contributed by atoms with Gasteiger partial charge in [0.25, 0.3) is 11.5 Å². The van der Waals surface area contributed by atoms with Crippen LogP contribution in [0.15, 0.2) is 58.0 Å². The molecule has 8 atom stereocenters. The first-order chi connectivity index (χ1) is 19.5. The van der Waals surface area contributed by atoms with Gasteiger partial charge < -0.3 is 50.8 Å². The minimum Gasteiger partial charge on any atom is -0.508 e. The maximum Gasteiger partial charge on any atom is 0.330 e. The number of hydrogen-bond acceptors (Lipinski definition) is 12. The normalized spacial score (nSPS) is 28.4. The minimum atomic E-state index is -1.82. The number of hydrogen-bond donors (Lipinski definition) is 8. The maximum atomic E-state index is 12.7. The third-order valence-corrected chi connectivity index (χ3v) is 6.70. The molecule has 0 radical (unpaired) electrons. The van der Waals surface area contributed by atoms with Gasteiger partial charge in [0, 0.05) is 24.7 Å². The third-order valence-electron chi connectivity index (χ3n) is 6.70. The molecule has 41 heavy (non-hydrogen) atoms. The number of phenolic OH excluding ortho intramolecular Hbond substituents is 1. The molecular weight excluding hydrogens is 548 g/mol. The summed E-state index contributed by atoms with van der Waals surface area (Å²) in [6, 6.07) is 7.33. The third kappa shape index (κ3) is 6.64. The van der Waals surface area contributed by atoms with Crippen LogP contribution in [-0.2, 0) is 30.2 Å². The summed E-state index contributed by atoms with van der Waals surface area (Å²) in [6.07, 6.45) is -9.21. The van der Waals surface area contributed by atoms with Crippen LogP contribution in [0.5, 0.6) is 5.75 Å². The van der Waals surface area contributed by atoms with Crippen LogP contribution in [-0.4, -0.2) is 96.9 Å². The van der Waals surface area contributed by atoms with Crippen molar-refractivity contribution >= 4 is 11.8 Å². The van der Waals surface area contributed by atoms with Crippen molar-refractivity contribution in [3.63, 3.8) is 0 Å². The summed E-state index contributed by atoms with van der Waals surface area (Å²) in [5, 5.41) is 53.4. The number of H-pyrrole nitrogens is 1. The molecule has 0 spiro atoms. The lowest BCUT2D eigenvalue weighted by molar-refractivity contribution is -0.239. The lowest BCUT2D eigenvalue weighted by atomic mass is 9.94. The van der Waals surface area contributed by atoms with E-state index in [9.17, 15) is 44.7 Å². The first-order valence-corrected chi connectivity index (χ1v) is 12.5. The molecule has 0 saturated carbocycles. The first-order valence-electron chi connectivity index (χ1n) is 12.5. The van der Waals surface area contributed by atoms with Crippen molar-refractivity contribution in [3.8, 4) is 5.75 Å². The second-order valence-corrected chi connectivity index (χ2v) is 9.48. The molecule has 1 saturated heterocycles. The van der Waals surface area contributed by atoms with E-state index >= 15 is 0 Å². The number of aromatic amines is 1. The summed E-state index contributed by atoms with van der Waals surface area (Å²) in [7, 11) is 0. The van der Waals surface area contributed by atoms with Gasteiger partial charge in [-0.2, -0.15) is 0 Å². The van der Waals surface area contributed by atoms with E-state index in [2.05, 4.69) is 5.32 Å². The van der Waals surface area contributed by atoms with Gasteiger partial charge in [-0.3, -0.25) is 23.9 Å². The zero-order valence-electron chi connectivity index (χ0n) is 21.4. The van der Waals surface area contributed by atoms with Crippen molar-refractivity contribution in [2.45, 2.75) is 49.5 Å². The van der Waals surface area contributed by atoms with Gasteiger partial charge in [0.1, 0.15) is 30.2 Å². The van der Waals surface area contributed by atoms with Crippen LogP contribution in [0.4, 0.5) is 0 Å². The van der Waals surface area contributed by atoms with Crippen LogP contribution in [0.1, 0.15) is 11.8 Å². The molecule has 2 aliphatic heterocycles. The smallest absolute Gasteiger partial charge is 0.330 e. The van der Waals surface area contributed by atoms with E-state index in [1.54, 1.807) is 12.1 Å². The fraction of sp³-hybridized carbons (Fsp3) is 0.440. The number of aliphatic hydroxyl groups excluding tert-OH is 4. The van der Waals surface area contributed by atoms with Crippen molar-refractivity contribution in [3.05, 3.63) is 74.8 Å². The van der Waals surface area contributed by atoms with E-state index in [0.29, 0.717) is 6.42 Å². The molecule has 1 unspecified atom stereocenters. The molecule has 222 valence electrons. The lowest BCUT2D eigenvalue weighted by Gasteiger charge is -2.35. The molecule has 16 nitrogen and oxygen atoms in total. The van der Waals surface area contributed by atoms with E-state index in [1.165, 1.54) is 12.1 Å². The zero-order chi connectivity index (χ0) is 29.8. The number of aliphatic hydroxyl groups is 4. The zero-order valence-corrected chi connectivity index (χ0v) is 21.4. The number of nitrogens with one attached hydrogen (secondary N) is 2. The second-order valence-electron chi connectivity index (χ2n) is 9.48. The van der Waals surface area contributed by atoms with Crippen LogP contribution in [0.25, 0.3) is 0 Å². The van der Waals surface area contributed by atoms with Gasteiger partial charge in [-0.1, -0.05) is 12.1 Å². The number of aromatic hydroxyl groups is 1. The molecule has 1 aromatic heterocycles. The number of benzene rings is 1. The van der Waals surface area contributed by atoms with Gasteiger partial charge in [0.05, 0.1) is 6.61 Å². The Kier molecular flexibility index (Phi) is 9.21. The Bertz CT molecular complexity index is 1390. The number of primary amides is 1. The molecule has 1 fully saturated rings. The summed E-state index contributed by atoms with van der Waals surface area (Å²) < 4.78 is 17.5. The number of nitrogens with two attached hydrogens (primary N) is 1. The van der Waals surface area contributed by atoms with Crippen LogP contribution in [0.3, 0.4) is 0 Å². The van der Waals surface area contributed by atoms with E-state index in [1.807, 2.05) is 4.98 Å². The summed E-state index contributed by atoms with van der Waals surface area (Å²) in [4.78, 5) is 50.7. The Morgan fingerprint density at radius 1 is 1.12 bits per heavy atom. The van der Waals surface area contributed by atoms with Crippen molar-refractivity contribution in [2.75, 3.05) is 13.2 Å². The lowest BCUT2D eigenvalue weighted by Crippen LogP contribution is -2.53. The maximum absolute atomic E-state index is 12.7. The monoisotopic (exact) mass is 578 g/mol. The highest BCUT2D eigenvalue weighted by atomic mass is 16.7. The molecular formula is C25H30N4O12. The highest BCUT2D eigenvalue weighted by Crippen LogP contribution is 2.36. The number of carbonyl (C=O) groups excluding carboxylic acids is 2. The molecule has 9 N–H and O–H groups in total. The quantitative estimate of drug-likeness (QED) is 0.136. The molecule has 4 rings (SSSR count). The summed E-state index contributed by atoms with van der Waals surface area (Å²) >= 11 is 0. The topological polar surface area (TPSA) is 256 Å². The number of rotatable bonds is 10. The highest BCUT2D eigenvalue weighted by molar-refractivity contribution is 5.91. The Labute approximate surface area is 231 Å². The van der Waals surface area contributed by atoms with Crippen molar-refractivity contribution in [1.82, 2.24) is 14.9 Å². The SMILES string of the molecule is NC(=O)[C@H](O[C@H]1OC(C(=O)NCCc2ccc(O)cc2)=C[C@H](O)[C@@H]1O)C1O[C@@H](n2ccc(=O)[nH]c2=O)[C@H](O)[C@@H]1CO. The standard InChI is InChI=1S/C25H30N4O12/c26-21(36)20(19-13(10-30)17(34)23(40-19)29-8-6-16(33)28-25(29)38)41-24-18(35)14(32)9-15(39-24)22(37)27-7-5-11-1-3-12(31)4-2-11/h1-4,6,8-9,13-14,17-20,23-24,30-32,34-35H,5,7,10H2,(H2,26,36)(H,27,37)(H,28,33,38)/t13-,14-,17+,18-,19?,20+,23+,24+/m0/s1. The Hall–Kier alpha value is -4.06. The molecule has 2 amide bonds. The number of nitrogens with zero attached hydrogens (tertiary/aromatic N) is 1. The van der Waals surface area contributed by atoms with Crippen molar-refractivity contribution < 1.29 is 49.3 Å². The average molecular weight is 579 g/mol. The molecule has 1 aromatic carbocycles. The van der Waals surface area contributed by atoms with Gasteiger partial charge in [0.2, 0.25) is 12.2 Å². The van der Waals surface area contributed by atoms with Crippen molar-refractivity contribution in [2.24, 2.45) is 11.7 Å². The fourth-order valence-electron chi connectivity index (χ4n) is 4.52. The van der Waals surface area contributed by atoms with Crippen LogP contribution >= 0.6 is 0 Å². The fourth-order valence-corrected chi connectivity index (χ4v) is 4.52. The molecule has 3 heterocycles. The van der Waals surface area contributed by atoms with Crippen molar-refractivity contribution in [1.29, 1.82) is 0 Å². The number of aromatic nitrogens is 2. The molecule has 0 bridgehead atoms. The van der Waals surface area contributed by atoms with E-state index in [-0.39, 0.29) is 12.3 Å². The summed E-state index contributed by atoms with van der Waals surface area (Å²) in [6.45, 7) is -0.602. The van der Waals surface area contributed by atoms with Gasteiger partial charge in [-0.25, -0.2) is 4.79 Å². The molecule has 0 aliphatic carbocycles. The van der Waals surface area contributed by atoms with Crippen LogP contribution < -0.4 is 22.3 Å². The predicted molar refractivity (Wildman–Crippen MR) is 136 cm³/mol. The van der Waals surface area contributed by atoms with E-state index < -0.39 is 84.4 Å². The van der Waals surface area contributed by atoms with Crippen LogP contribution in [0, 0.1) is 5.92 Å². The van der Waals surface area contributed by atoms with Gasteiger partial charge in [-0.15, -0.1) is 0 Å². The van der Waals surface area contributed by atoms with Gasteiger partial charge >= 0.3 is 5.69 Å². The average Bonchev–Trinajstić information content (AvgIpc) is 3.25. The van der Waals surface area contributed by atoms with Gasteiger partial charge in [0.15, 0.2) is 18.1 Å². The number of phenols is 1. The predicted octanol–water partition coefficient (Wildman–Crippen LogP) is -3.70. The molecule has 2 aliphatic rings. The first kappa shape index (κ1) is 29.9. The van der Waals surface area contributed by atoms with Crippen LogP contribution in [0.2, 0.25) is 0 Å². The largest absolute Gasteiger partial charge is 0.508 e. The minimum absolute atomic E-state index is 0.0926. The second kappa shape index (κ2) is 12.6. The number of amides is 2. The van der Waals surface area contributed by atoms with E-state index in [0.717, 1.165) is 28.5 Å². The Morgan fingerprint density at radius 3 is 2.46 bits per heavy atom. The molecule has 2 aromatic rings. The molecule has 16 heteroatoms. The summed E-state index contributed by atoms with van der Waals surface area (Å²) in [5.74, 6) is -3.51. The summed E-state index contributed by atoms with van der Waals surface area (Å²) in [5.41, 5.74) is 4.68. The Morgan fingerprint density at radius 2 is 1.83 bits per heavy atom.